The number of hydrogen-bond donors (Lipinski definition) is 2. The number of carboxylic acids is 1. The highest BCUT2D eigenvalue weighted by atomic mass is 32.1. The molecule has 7 heteroatoms. The molecule has 0 atom stereocenters. The third-order valence-corrected chi connectivity index (χ3v) is 3.25. The number of hydrogen-bond acceptors (Lipinski definition) is 5. The first kappa shape index (κ1) is 15.4. The number of nitrogens with zero attached hydrogens (tertiary/aromatic N) is 1. The predicted molar refractivity (Wildman–Crippen MR) is 71.5 cm³/mol. The molecule has 1 heterocycles. The molecular formula is C12H18N2O4S. The van der Waals surface area contributed by atoms with Crippen LogP contribution in [0.15, 0.2) is 0 Å². The van der Waals surface area contributed by atoms with Crippen LogP contribution in [0, 0.1) is 0 Å². The zero-order valence-electron chi connectivity index (χ0n) is 11.4. The summed E-state index contributed by atoms with van der Waals surface area (Å²) in [6, 6.07) is 0. The van der Waals surface area contributed by atoms with Crippen LogP contribution in [0.2, 0.25) is 0 Å². The second-order valence-electron chi connectivity index (χ2n) is 4.89. The molecule has 0 aromatic carbocycles. The third-order valence-electron chi connectivity index (χ3n) is 2.05. The number of aryl methyl sites for hydroxylation is 1. The van der Waals surface area contributed by atoms with Crippen molar-refractivity contribution in [3.05, 3.63) is 15.6 Å². The fourth-order valence-electron chi connectivity index (χ4n) is 1.34. The van der Waals surface area contributed by atoms with Crippen LogP contribution in [0.1, 0.15) is 48.1 Å². The van der Waals surface area contributed by atoms with E-state index in [0.717, 1.165) is 0 Å². The van der Waals surface area contributed by atoms with E-state index in [2.05, 4.69) is 10.3 Å². The lowest BCUT2D eigenvalue weighted by Crippen LogP contribution is -2.32. The summed E-state index contributed by atoms with van der Waals surface area (Å²) in [7, 11) is 0. The van der Waals surface area contributed by atoms with Crippen molar-refractivity contribution in [3.63, 3.8) is 0 Å². The van der Waals surface area contributed by atoms with Crippen molar-refractivity contribution in [3.8, 4) is 0 Å². The molecule has 19 heavy (non-hydrogen) atoms. The van der Waals surface area contributed by atoms with Gasteiger partial charge in [0.25, 0.3) is 0 Å². The minimum absolute atomic E-state index is 0.0634. The van der Waals surface area contributed by atoms with Gasteiger partial charge in [0.05, 0.1) is 6.54 Å². The number of carbonyl (C=O) groups is 2. The van der Waals surface area contributed by atoms with Crippen molar-refractivity contribution in [1.82, 2.24) is 10.3 Å². The molecule has 1 aromatic rings. The topological polar surface area (TPSA) is 88.5 Å². The fourth-order valence-corrected chi connectivity index (χ4v) is 2.28. The minimum Gasteiger partial charge on any atom is -0.476 e. The Morgan fingerprint density at radius 2 is 2.05 bits per heavy atom. The Bertz CT molecular complexity index is 477. The number of carbonyl (C=O) groups excluding carboxylic acids is 1. The molecule has 0 saturated carbocycles. The van der Waals surface area contributed by atoms with Crippen LogP contribution in [0.25, 0.3) is 0 Å². The lowest BCUT2D eigenvalue weighted by Gasteiger charge is -2.19. The van der Waals surface area contributed by atoms with Crippen molar-refractivity contribution in [1.29, 1.82) is 0 Å². The second-order valence-corrected chi connectivity index (χ2v) is 6.06. The number of thiazole rings is 1. The molecule has 2 N–H and O–H groups in total. The molecule has 0 aliphatic heterocycles. The van der Waals surface area contributed by atoms with Gasteiger partial charge in [0.1, 0.15) is 10.6 Å². The maximum Gasteiger partial charge on any atom is 0.408 e. The van der Waals surface area contributed by atoms with Crippen LogP contribution >= 0.6 is 11.3 Å². The Balaban J connectivity index is 2.64. The summed E-state index contributed by atoms with van der Waals surface area (Å²) in [5, 5.41) is 12.1. The van der Waals surface area contributed by atoms with Gasteiger partial charge in [-0.15, -0.1) is 11.3 Å². The van der Waals surface area contributed by atoms with Gasteiger partial charge in [-0.25, -0.2) is 14.6 Å². The highest BCUT2D eigenvalue weighted by molar-refractivity contribution is 7.11. The summed E-state index contributed by atoms with van der Waals surface area (Å²) >= 11 is 1.29. The minimum atomic E-state index is -1.04. The van der Waals surface area contributed by atoms with E-state index in [9.17, 15) is 9.59 Å². The van der Waals surface area contributed by atoms with Gasteiger partial charge < -0.3 is 15.2 Å². The quantitative estimate of drug-likeness (QED) is 0.887. The van der Waals surface area contributed by atoms with Crippen molar-refractivity contribution < 1.29 is 19.4 Å². The predicted octanol–water partition coefficient (Wildman–Crippen LogP) is 2.43. The molecule has 0 spiro atoms. The Hall–Kier alpha value is -1.63. The third kappa shape index (κ3) is 4.86. The normalized spacial score (nSPS) is 11.2. The Morgan fingerprint density at radius 3 is 2.47 bits per heavy atom. The lowest BCUT2D eigenvalue weighted by molar-refractivity contribution is 0.0523. The smallest absolute Gasteiger partial charge is 0.408 e. The maximum atomic E-state index is 11.5. The number of ether oxygens (including phenoxy) is 1. The van der Waals surface area contributed by atoms with Crippen molar-refractivity contribution >= 4 is 23.4 Å². The van der Waals surface area contributed by atoms with E-state index >= 15 is 0 Å². The lowest BCUT2D eigenvalue weighted by atomic mass is 10.2. The number of alkyl carbamates (subject to hydrolysis) is 1. The summed E-state index contributed by atoms with van der Waals surface area (Å²) in [6.45, 7) is 7.35. The Morgan fingerprint density at radius 1 is 1.42 bits per heavy atom. The van der Waals surface area contributed by atoms with E-state index in [1.807, 2.05) is 6.92 Å². The molecular weight excluding hydrogens is 268 g/mol. The number of amides is 1. The molecule has 1 amide bonds. The van der Waals surface area contributed by atoms with Crippen molar-refractivity contribution in [2.24, 2.45) is 0 Å². The summed E-state index contributed by atoms with van der Waals surface area (Å²) in [5.41, 5.74) is -0.498. The molecule has 0 radical (unpaired) electrons. The molecule has 0 bridgehead atoms. The van der Waals surface area contributed by atoms with Crippen LogP contribution in [0.4, 0.5) is 4.79 Å². The second kappa shape index (κ2) is 6.01. The molecule has 0 aliphatic carbocycles. The van der Waals surface area contributed by atoms with E-state index in [4.69, 9.17) is 9.84 Å². The van der Waals surface area contributed by atoms with Crippen LogP contribution < -0.4 is 5.32 Å². The molecule has 106 valence electrons. The van der Waals surface area contributed by atoms with Crippen LogP contribution in [0.3, 0.4) is 0 Å². The fraction of sp³-hybridized carbons (Fsp3) is 0.583. The van der Waals surface area contributed by atoms with Crippen molar-refractivity contribution in [2.45, 2.75) is 46.3 Å². The molecule has 1 rings (SSSR count). The first-order valence-electron chi connectivity index (χ1n) is 5.91. The summed E-state index contributed by atoms with van der Waals surface area (Å²) in [5.74, 6) is -1.04. The molecule has 0 aliphatic rings. The van der Waals surface area contributed by atoms with Gasteiger partial charge in [0.2, 0.25) is 0 Å². The highest BCUT2D eigenvalue weighted by Crippen LogP contribution is 2.19. The summed E-state index contributed by atoms with van der Waals surface area (Å²) in [6.07, 6.45) is 0.0590. The number of rotatable bonds is 4. The largest absolute Gasteiger partial charge is 0.476 e. The van der Waals surface area contributed by atoms with Crippen LogP contribution in [0.5, 0.6) is 0 Å². The number of aromatic nitrogens is 1. The molecule has 6 nitrogen and oxygen atoms in total. The van der Waals surface area contributed by atoms with Gasteiger partial charge in [0, 0.05) is 4.88 Å². The standard InChI is InChI=1S/C12H18N2O4S/c1-5-7-9(10(15)16)14-8(19-7)6-13-11(17)18-12(2,3)4/h5-6H2,1-4H3,(H,13,17)(H,15,16). The zero-order chi connectivity index (χ0) is 14.6. The average Bonchev–Trinajstić information content (AvgIpc) is 2.67. The first-order chi connectivity index (χ1) is 8.73. The molecule has 0 fully saturated rings. The SMILES string of the molecule is CCc1sc(CNC(=O)OC(C)(C)C)nc1C(=O)O. The van der Waals surface area contributed by atoms with E-state index in [1.54, 1.807) is 20.8 Å². The maximum absolute atomic E-state index is 11.5. The Kier molecular flexibility index (Phi) is 4.88. The molecule has 0 saturated heterocycles. The van der Waals surface area contributed by atoms with Crippen LogP contribution in [-0.2, 0) is 17.7 Å². The van der Waals surface area contributed by atoms with Crippen LogP contribution in [-0.4, -0.2) is 27.8 Å². The molecule has 0 unspecified atom stereocenters. The summed E-state index contributed by atoms with van der Waals surface area (Å²) < 4.78 is 5.08. The van der Waals surface area contributed by atoms with Crippen molar-refractivity contribution in [2.75, 3.05) is 0 Å². The van der Waals surface area contributed by atoms with E-state index in [0.29, 0.717) is 16.3 Å². The first-order valence-corrected chi connectivity index (χ1v) is 6.73. The number of aromatic carboxylic acids is 1. The number of nitrogens with one attached hydrogen (secondary N) is 1. The zero-order valence-corrected chi connectivity index (χ0v) is 12.3. The van der Waals surface area contributed by atoms with E-state index in [-0.39, 0.29) is 12.2 Å². The summed E-state index contributed by atoms with van der Waals surface area (Å²) in [4.78, 5) is 27.1. The van der Waals surface area contributed by atoms with E-state index < -0.39 is 17.7 Å². The van der Waals surface area contributed by atoms with Gasteiger partial charge in [-0.2, -0.15) is 0 Å². The van der Waals surface area contributed by atoms with Gasteiger partial charge in [-0.05, 0) is 27.2 Å². The van der Waals surface area contributed by atoms with E-state index in [1.165, 1.54) is 11.3 Å². The highest BCUT2D eigenvalue weighted by Gasteiger charge is 2.18. The van der Waals surface area contributed by atoms with Gasteiger partial charge in [0.15, 0.2) is 5.69 Å². The van der Waals surface area contributed by atoms with Gasteiger partial charge in [-0.3, -0.25) is 0 Å². The van der Waals surface area contributed by atoms with Gasteiger partial charge in [-0.1, -0.05) is 6.92 Å². The average molecular weight is 286 g/mol. The Labute approximate surface area is 115 Å². The number of carboxylic acid groups (broad SMARTS) is 1. The monoisotopic (exact) mass is 286 g/mol. The van der Waals surface area contributed by atoms with Gasteiger partial charge >= 0.3 is 12.1 Å². The molecule has 1 aromatic heterocycles.